The van der Waals surface area contributed by atoms with Gasteiger partial charge >= 0.3 is 0 Å². The van der Waals surface area contributed by atoms with Gasteiger partial charge in [0.1, 0.15) is 6.04 Å². The van der Waals surface area contributed by atoms with E-state index in [9.17, 15) is 14.4 Å². The topological polar surface area (TPSA) is 102 Å². The molecule has 3 atom stereocenters. The third-order valence-electron chi connectivity index (χ3n) is 7.12. The molecule has 1 rings (SSSR count). The SMILES string of the molecule is C/C(=C\[C@H](C(C)C)N(C)C(=O)[C@@H](NC(=O)[C@H]1CCCCN1C(C)C)C(C)C)C(=O)NCCCCCO. The van der Waals surface area contributed by atoms with Crippen molar-refractivity contribution in [3.05, 3.63) is 11.6 Å². The molecule has 0 aromatic carbocycles. The van der Waals surface area contributed by atoms with Gasteiger partial charge in [-0.3, -0.25) is 19.3 Å². The first-order valence-electron chi connectivity index (χ1n) is 13.8. The summed E-state index contributed by atoms with van der Waals surface area (Å²) in [6.45, 7) is 15.6. The molecule has 36 heavy (non-hydrogen) atoms. The Hall–Kier alpha value is -1.93. The molecule has 0 saturated carbocycles. The molecule has 8 heteroatoms. The van der Waals surface area contributed by atoms with E-state index >= 15 is 0 Å². The monoisotopic (exact) mass is 508 g/mol. The molecular formula is C28H52N4O4. The second-order valence-corrected chi connectivity index (χ2v) is 11.1. The Labute approximate surface area is 219 Å². The molecule has 0 radical (unpaired) electrons. The van der Waals surface area contributed by atoms with Crippen molar-refractivity contribution in [2.24, 2.45) is 11.8 Å². The van der Waals surface area contributed by atoms with Crippen molar-refractivity contribution in [1.82, 2.24) is 20.4 Å². The number of hydrogen-bond donors (Lipinski definition) is 3. The summed E-state index contributed by atoms with van der Waals surface area (Å²) >= 11 is 0. The fourth-order valence-electron chi connectivity index (χ4n) is 4.82. The van der Waals surface area contributed by atoms with Gasteiger partial charge in [0.15, 0.2) is 0 Å². The van der Waals surface area contributed by atoms with Gasteiger partial charge < -0.3 is 20.6 Å². The summed E-state index contributed by atoms with van der Waals surface area (Å²) in [5, 5.41) is 14.9. The number of aliphatic hydroxyl groups excluding tert-OH is 1. The quantitative estimate of drug-likeness (QED) is 0.247. The van der Waals surface area contributed by atoms with Gasteiger partial charge in [-0.05, 0) is 71.3 Å². The lowest BCUT2D eigenvalue weighted by molar-refractivity contribution is -0.140. The van der Waals surface area contributed by atoms with Crippen LogP contribution in [0.25, 0.3) is 0 Å². The van der Waals surface area contributed by atoms with Gasteiger partial charge in [0, 0.05) is 31.8 Å². The Bertz CT molecular complexity index is 735. The zero-order chi connectivity index (χ0) is 27.4. The number of unbranched alkanes of at least 4 members (excludes halogenated alkanes) is 2. The Morgan fingerprint density at radius 2 is 1.69 bits per heavy atom. The second-order valence-electron chi connectivity index (χ2n) is 11.1. The number of likely N-dealkylation sites (tertiary alicyclic amines) is 1. The van der Waals surface area contributed by atoms with Crippen LogP contribution in [0.2, 0.25) is 0 Å². The largest absolute Gasteiger partial charge is 0.396 e. The number of carbonyl (C=O) groups is 3. The summed E-state index contributed by atoms with van der Waals surface area (Å²) in [7, 11) is 1.76. The highest BCUT2D eigenvalue weighted by molar-refractivity contribution is 5.93. The minimum atomic E-state index is -0.631. The molecule has 0 aromatic rings. The van der Waals surface area contributed by atoms with Gasteiger partial charge in [-0.2, -0.15) is 0 Å². The zero-order valence-corrected chi connectivity index (χ0v) is 24.0. The number of nitrogens with one attached hydrogen (secondary N) is 2. The molecule has 1 heterocycles. The highest BCUT2D eigenvalue weighted by Gasteiger charge is 2.35. The lowest BCUT2D eigenvalue weighted by Gasteiger charge is -2.39. The first-order valence-corrected chi connectivity index (χ1v) is 13.8. The molecule has 3 N–H and O–H groups in total. The molecular weight excluding hydrogens is 456 g/mol. The van der Waals surface area contributed by atoms with E-state index in [2.05, 4.69) is 29.4 Å². The third-order valence-corrected chi connectivity index (χ3v) is 7.12. The molecule has 1 saturated heterocycles. The maximum absolute atomic E-state index is 13.6. The van der Waals surface area contributed by atoms with Gasteiger partial charge in [0.05, 0.1) is 12.1 Å². The number of aliphatic hydroxyl groups is 1. The average molecular weight is 509 g/mol. The predicted octanol–water partition coefficient (Wildman–Crippen LogP) is 3.10. The van der Waals surface area contributed by atoms with E-state index in [0.29, 0.717) is 12.1 Å². The van der Waals surface area contributed by atoms with Crippen molar-refractivity contribution in [3.8, 4) is 0 Å². The Morgan fingerprint density at radius 3 is 2.25 bits per heavy atom. The highest BCUT2D eigenvalue weighted by atomic mass is 16.3. The second kappa shape index (κ2) is 16.0. The van der Waals surface area contributed by atoms with Crippen molar-refractivity contribution in [1.29, 1.82) is 0 Å². The van der Waals surface area contributed by atoms with Crippen LogP contribution in [0.5, 0.6) is 0 Å². The van der Waals surface area contributed by atoms with Gasteiger partial charge in [-0.15, -0.1) is 0 Å². The number of rotatable bonds is 14. The third kappa shape index (κ3) is 9.85. The van der Waals surface area contributed by atoms with Crippen LogP contribution in [0.3, 0.4) is 0 Å². The predicted molar refractivity (Wildman–Crippen MR) is 145 cm³/mol. The Morgan fingerprint density at radius 1 is 1.03 bits per heavy atom. The van der Waals surface area contributed by atoms with E-state index in [1.165, 1.54) is 0 Å². The molecule has 1 aliphatic rings. The van der Waals surface area contributed by atoms with E-state index in [-0.39, 0.29) is 54.3 Å². The molecule has 0 spiro atoms. The van der Waals surface area contributed by atoms with Crippen LogP contribution in [0, 0.1) is 11.8 Å². The van der Waals surface area contributed by atoms with Crippen LogP contribution in [0.15, 0.2) is 11.6 Å². The Balaban J connectivity index is 2.94. The summed E-state index contributed by atoms with van der Waals surface area (Å²) in [5.74, 6) is -0.343. The summed E-state index contributed by atoms with van der Waals surface area (Å²) in [4.78, 5) is 43.4. The standard InChI is InChI=1S/C28H52N4O4/c1-19(2)24(18-22(7)26(34)29-15-11-9-13-17-33)31(8)28(36)25(20(3)4)30-27(35)23-14-10-12-16-32(23)21(5)6/h18-21,23-25,33H,9-17H2,1-8H3,(H,29,34)(H,30,35)/b22-18+/t23-,24-,25+/m1/s1. The lowest BCUT2D eigenvalue weighted by atomic mass is 9.95. The zero-order valence-electron chi connectivity index (χ0n) is 24.0. The van der Waals surface area contributed by atoms with Gasteiger partial charge in [-0.1, -0.05) is 40.2 Å². The fraction of sp³-hybridized carbons (Fsp3) is 0.821. The molecule has 208 valence electrons. The van der Waals surface area contributed by atoms with E-state index in [0.717, 1.165) is 45.1 Å². The Kier molecular flexibility index (Phi) is 14.3. The van der Waals surface area contributed by atoms with Crippen molar-refractivity contribution >= 4 is 17.7 Å². The maximum atomic E-state index is 13.6. The summed E-state index contributed by atoms with van der Waals surface area (Å²) in [6.07, 6.45) is 7.19. The van der Waals surface area contributed by atoms with E-state index in [1.54, 1.807) is 18.9 Å². The molecule has 0 bridgehead atoms. The summed E-state index contributed by atoms with van der Waals surface area (Å²) in [5.41, 5.74) is 0.565. The van der Waals surface area contributed by atoms with Crippen LogP contribution < -0.4 is 10.6 Å². The van der Waals surface area contributed by atoms with Gasteiger partial charge in [0.25, 0.3) is 0 Å². The van der Waals surface area contributed by atoms with Crippen LogP contribution in [0.1, 0.15) is 87.0 Å². The number of carbonyl (C=O) groups excluding carboxylic acids is 3. The maximum Gasteiger partial charge on any atom is 0.246 e. The van der Waals surface area contributed by atoms with E-state index in [1.807, 2.05) is 33.8 Å². The minimum absolute atomic E-state index is 0.0694. The number of hydrogen-bond acceptors (Lipinski definition) is 5. The molecule has 0 aromatic heterocycles. The number of amides is 3. The normalized spacial score (nSPS) is 18.9. The molecule has 3 amide bonds. The van der Waals surface area contributed by atoms with Crippen LogP contribution in [0.4, 0.5) is 0 Å². The fourth-order valence-corrected chi connectivity index (χ4v) is 4.82. The molecule has 8 nitrogen and oxygen atoms in total. The summed E-state index contributed by atoms with van der Waals surface area (Å²) < 4.78 is 0. The number of likely N-dealkylation sites (N-methyl/N-ethyl adjacent to an activating group) is 1. The van der Waals surface area contributed by atoms with Crippen molar-refractivity contribution in [3.63, 3.8) is 0 Å². The van der Waals surface area contributed by atoms with Crippen LogP contribution >= 0.6 is 0 Å². The first-order chi connectivity index (χ1) is 16.9. The molecule has 1 fully saturated rings. The van der Waals surface area contributed by atoms with E-state index < -0.39 is 6.04 Å². The van der Waals surface area contributed by atoms with Gasteiger partial charge in [-0.25, -0.2) is 0 Å². The van der Waals surface area contributed by atoms with Crippen LogP contribution in [-0.2, 0) is 14.4 Å². The lowest BCUT2D eigenvalue weighted by Crippen LogP contribution is -2.58. The first kappa shape index (κ1) is 32.1. The minimum Gasteiger partial charge on any atom is -0.396 e. The van der Waals surface area contributed by atoms with Gasteiger partial charge in [0.2, 0.25) is 17.7 Å². The van der Waals surface area contributed by atoms with Crippen molar-refractivity contribution in [2.75, 3.05) is 26.7 Å². The molecule has 1 aliphatic heterocycles. The van der Waals surface area contributed by atoms with Crippen molar-refractivity contribution < 1.29 is 19.5 Å². The molecule has 0 unspecified atom stereocenters. The van der Waals surface area contributed by atoms with E-state index in [4.69, 9.17) is 5.11 Å². The number of piperidine rings is 1. The smallest absolute Gasteiger partial charge is 0.246 e. The molecule has 0 aliphatic carbocycles. The average Bonchev–Trinajstić information content (AvgIpc) is 2.83. The number of nitrogens with zero attached hydrogens (tertiary/aromatic N) is 2. The highest BCUT2D eigenvalue weighted by Crippen LogP contribution is 2.21. The van der Waals surface area contributed by atoms with Crippen molar-refractivity contribution in [2.45, 2.75) is 111 Å². The van der Waals surface area contributed by atoms with Crippen LogP contribution in [-0.4, -0.2) is 83.5 Å². The summed E-state index contributed by atoms with van der Waals surface area (Å²) in [6, 6.07) is -0.843.